The average Bonchev–Trinajstić information content (AvgIpc) is 3.42. The molecule has 0 aliphatic heterocycles. The van der Waals surface area contributed by atoms with Gasteiger partial charge in [-0.2, -0.15) is 0 Å². The van der Waals surface area contributed by atoms with Crippen LogP contribution in [-0.4, -0.2) is 21.5 Å². The minimum atomic E-state index is 0.742. The highest BCUT2D eigenvalue weighted by Gasteiger charge is 2.12. The molecule has 4 nitrogen and oxygen atoms in total. The summed E-state index contributed by atoms with van der Waals surface area (Å²) in [4.78, 5) is 15.3. The topological polar surface area (TPSA) is 53.6 Å². The fourth-order valence-electron chi connectivity index (χ4n) is 4.04. The highest BCUT2D eigenvalue weighted by molar-refractivity contribution is 7.18. The van der Waals surface area contributed by atoms with Crippen LogP contribution in [0.4, 0.5) is 5.82 Å². The van der Waals surface area contributed by atoms with Crippen LogP contribution in [0.2, 0.25) is 0 Å². The molecule has 0 amide bonds. The number of anilines is 1. The Morgan fingerprint density at radius 1 is 0.848 bits per heavy atom. The molecule has 0 atom stereocenters. The van der Waals surface area contributed by atoms with Gasteiger partial charge < -0.3 is 10.3 Å². The lowest BCUT2D eigenvalue weighted by Gasteiger charge is -2.09. The van der Waals surface area contributed by atoms with Crippen LogP contribution < -0.4 is 5.32 Å². The second-order valence-corrected chi connectivity index (χ2v) is 9.85. The zero-order valence-electron chi connectivity index (χ0n) is 19.3. The lowest BCUT2D eigenvalue weighted by Crippen LogP contribution is -2.06. The van der Waals surface area contributed by atoms with Crippen LogP contribution in [0.1, 0.15) is 28.1 Å². The van der Waals surface area contributed by atoms with Crippen molar-refractivity contribution in [3.05, 3.63) is 88.4 Å². The second kappa shape index (κ2) is 9.20. The molecule has 0 aliphatic carbocycles. The summed E-state index contributed by atoms with van der Waals surface area (Å²) in [7, 11) is 0. The van der Waals surface area contributed by atoms with Gasteiger partial charge in [0, 0.05) is 17.1 Å². The molecule has 33 heavy (non-hydrogen) atoms. The summed E-state index contributed by atoms with van der Waals surface area (Å²) < 4.78 is 0. The van der Waals surface area contributed by atoms with Crippen LogP contribution in [-0.2, 0) is 6.42 Å². The summed E-state index contributed by atoms with van der Waals surface area (Å²) in [5.41, 5.74) is 7.24. The summed E-state index contributed by atoms with van der Waals surface area (Å²) in [6, 6.07) is 23.9. The third-order valence-corrected chi connectivity index (χ3v) is 6.81. The number of rotatable bonds is 7. The van der Waals surface area contributed by atoms with Crippen molar-refractivity contribution in [3.63, 3.8) is 0 Å². The molecular weight excluding hydrogens is 424 g/mol. The lowest BCUT2D eigenvalue weighted by molar-refractivity contribution is 0.860. The van der Waals surface area contributed by atoms with Crippen LogP contribution in [0, 0.1) is 20.8 Å². The van der Waals surface area contributed by atoms with Crippen LogP contribution in [0.3, 0.4) is 0 Å². The number of aryl methyl sites for hydroxylation is 4. The Morgan fingerprint density at radius 2 is 1.58 bits per heavy atom. The fourth-order valence-corrected chi connectivity index (χ4v) is 4.92. The van der Waals surface area contributed by atoms with E-state index in [1.807, 2.05) is 13.0 Å². The maximum absolute atomic E-state index is 4.85. The highest BCUT2D eigenvalue weighted by atomic mass is 32.1. The molecule has 2 aromatic carbocycles. The van der Waals surface area contributed by atoms with Crippen molar-refractivity contribution >= 4 is 27.4 Å². The van der Waals surface area contributed by atoms with Gasteiger partial charge in [0.15, 0.2) is 5.82 Å². The molecule has 0 saturated heterocycles. The highest BCUT2D eigenvalue weighted by Crippen LogP contribution is 2.31. The monoisotopic (exact) mass is 452 g/mol. The molecule has 0 saturated carbocycles. The number of nitrogens with zero attached hydrogens (tertiary/aromatic N) is 2. The van der Waals surface area contributed by atoms with Crippen molar-refractivity contribution in [1.29, 1.82) is 0 Å². The maximum atomic E-state index is 4.85. The Bertz CT molecular complexity index is 1380. The van der Waals surface area contributed by atoms with Crippen molar-refractivity contribution < 1.29 is 0 Å². The van der Waals surface area contributed by atoms with E-state index in [-0.39, 0.29) is 0 Å². The van der Waals surface area contributed by atoms with Crippen molar-refractivity contribution in [2.24, 2.45) is 0 Å². The van der Waals surface area contributed by atoms with Crippen LogP contribution in [0.25, 0.3) is 32.9 Å². The minimum Gasteiger partial charge on any atom is -0.369 e. The summed E-state index contributed by atoms with van der Waals surface area (Å²) in [5.74, 6) is 1.66. The summed E-state index contributed by atoms with van der Waals surface area (Å²) in [6.07, 6.45) is 2.07. The predicted octanol–water partition coefficient (Wildman–Crippen LogP) is 7.32. The SMILES string of the molecule is Cc1ccc(-c2ccc(CCCNc3nc(-c4ccc(C)[nH]4)nc4sc(C)cc34)cc2)cc1. The van der Waals surface area contributed by atoms with Gasteiger partial charge in [-0.15, -0.1) is 11.3 Å². The molecule has 0 fully saturated rings. The Balaban J connectivity index is 1.25. The molecular formula is C28H28N4S. The molecule has 0 bridgehead atoms. The number of benzene rings is 2. The number of fused-ring (bicyclic) bond motifs is 1. The number of aromatic nitrogens is 3. The number of hydrogen-bond donors (Lipinski definition) is 2. The van der Waals surface area contributed by atoms with Gasteiger partial charge in [-0.1, -0.05) is 54.1 Å². The summed E-state index contributed by atoms with van der Waals surface area (Å²) >= 11 is 1.71. The smallest absolute Gasteiger partial charge is 0.179 e. The molecule has 0 spiro atoms. The van der Waals surface area contributed by atoms with Gasteiger partial charge in [0.1, 0.15) is 10.6 Å². The van der Waals surface area contributed by atoms with E-state index in [0.29, 0.717) is 0 Å². The fraction of sp³-hybridized carbons (Fsp3) is 0.214. The van der Waals surface area contributed by atoms with Gasteiger partial charge in [0.05, 0.1) is 11.1 Å². The largest absolute Gasteiger partial charge is 0.369 e. The standard InChI is InChI=1S/C28H28N4S/c1-18-6-11-22(12-7-18)23-13-9-21(10-14-23)5-4-16-29-26-24-17-20(3)33-28(24)32-27(31-26)25-15-8-19(2)30-25/h6-15,17,30H,4-5,16H2,1-3H3,(H,29,31,32). The van der Waals surface area contributed by atoms with Gasteiger partial charge in [-0.3, -0.25) is 0 Å². The van der Waals surface area contributed by atoms with E-state index in [1.54, 1.807) is 11.3 Å². The van der Waals surface area contributed by atoms with Crippen molar-refractivity contribution in [1.82, 2.24) is 15.0 Å². The Morgan fingerprint density at radius 3 is 2.27 bits per heavy atom. The van der Waals surface area contributed by atoms with Crippen LogP contribution in [0.15, 0.2) is 66.7 Å². The molecule has 0 aliphatic rings. The quantitative estimate of drug-likeness (QED) is 0.254. The Labute approximate surface area is 198 Å². The van der Waals surface area contributed by atoms with E-state index in [4.69, 9.17) is 9.97 Å². The van der Waals surface area contributed by atoms with Crippen LogP contribution in [0.5, 0.6) is 0 Å². The molecule has 3 heterocycles. The number of H-pyrrole nitrogens is 1. The first-order valence-corrected chi connectivity index (χ1v) is 12.2. The van der Waals surface area contributed by atoms with E-state index in [1.165, 1.54) is 27.1 Å². The Hall–Kier alpha value is -3.44. The zero-order valence-corrected chi connectivity index (χ0v) is 20.1. The van der Waals surface area contributed by atoms with Gasteiger partial charge in [0.2, 0.25) is 0 Å². The summed E-state index contributed by atoms with van der Waals surface area (Å²) in [6.45, 7) is 7.15. The van der Waals surface area contributed by atoms with Crippen molar-refractivity contribution in [3.8, 4) is 22.6 Å². The van der Waals surface area contributed by atoms with E-state index in [9.17, 15) is 0 Å². The van der Waals surface area contributed by atoms with Crippen LogP contribution >= 0.6 is 11.3 Å². The Kier molecular flexibility index (Phi) is 5.97. The first-order valence-electron chi connectivity index (χ1n) is 11.4. The molecule has 5 rings (SSSR count). The van der Waals surface area contributed by atoms with E-state index >= 15 is 0 Å². The van der Waals surface area contributed by atoms with E-state index in [2.05, 4.69) is 84.8 Å². The molecule has 0 radical (unpaired) electrons. The van der Waals surface area contributed by atoms with E-state index in [0.717, 1.165) is 52.6 Å². The first kappa shape index (κ1) is 21.4. The molecule has 166 valence electrons. The number of aromatic amines is 1. The zero-order chi connectivity index (χ0) is 22.8. The molecule has 0 unspecified atom stereocenters. The molecule has 5 aromatic rings. The molecule has 5 heteroatoms. The third-order valence-electron chi connectivity index (χ3n) is 5.86. The number of nitrogens with one attached hydrogen (secondary N) is 2. The van der Waals surface area contributed by atoms with E-state index < -0.39 is 0 Å². The third kappa shape index (κ3) is 4.83. The van der Waals surface area contributed by atoms with Gasteiger partial charge in [-0.05, 0) is 68.5 Å². The molecule has 2 N–H and O–H groups in total. The van der Waals surface area contributed by atoms with Crippen molar-refractivity contribution in [2.45, 2.75) is 33.6 Å². The minimum absolute atomic E-state index is 0.742. The average molecular weight is 453 g/mol. The lowest BCUT2D eigenvalue weighted by atomic mass is 10.0. The van der Waals surface area contributed by atoms with Gasteiger partial charge in [-0.25, -0.2) is 9.97 Å². The number of thiophene rings is 1. The predicted molar refractivity (Wildman–Crippen MR) is 140 cm³/mol. The van der Waals surface area contributed by atoms with Crippen molar-refractivity contribution in [2.75, 3.05) is 11.9 Å². The van der Waals surface area contributed by atoms with Gasteiger partial charge >= 0.3 is 0 Å². The first-order chi connectivity index (χ1) is 16.0. The normalized spacial score (nSPS) is 11.2. The van der Waals surface area contributed by atoms with Gasteiger partial charge in [0.25, 0.3) is 0 Å². The maximum Gasteiger partial charge on any atom is 0.179 e. The second-order valence-electron chi connectivity index (χ2n) is 8.62. The number of hydrogen-bond acceptors (Lipinski definition) is 4. The summed E-state index contributed by atoms with van der Waals surface area (Å²) in [5, 5.41) is 4.68. The molecule has 3 aromatic heterocycles.